The fourth-order valence-electron chi connectivity index (χ4n) is 1.08. The van der Waals surface area contributed by atoms with Crippen molar-refractivity contribution in [2.45, 2.75) is 6.10 Å². The van der Waals surface area contributed by atoms with Crippen LogP contribution in [0, 0.1) is 17.5 Å². The maximum absolute atomic E-state index is 13.2. The maximum atomic E-state index is 13.2. The summed E-state index contributed by atoms with van der Waals surface area (Å²) >= 11 is 0. The highest BCUT2D eigenvalue weighted by Crippen LogP contribution is 2.29. The second-order valence-corrected chi connectivity index (χ2v) is 2.84. The number of hydrogen-bond acceptors (Lipinski definition) is 4. The fraction of sp³-hybridized carbons (Fsp3) is 0.222. The predicted octanol–water partition coefficient (Wildman–Crippen LogP) is 1.02. The lowest BCUT2D eigenvalue weighted by Gasteiger charge is -2.11. The highest BCUT2D eigenvalue weighted by molar-refractivity contribution is 5.76. The Morgan fingerprint density at radius 2 is 1.94 bits per heavy atom. The van der Waals surface area contributed by atoms with Crippen LogP contribution in [0.25, 0.3) is 0 Å². The van der Waals surface area contributed by atoms with E-state index in [2.05, 4.69) is 4.74 Å². The van der Waals surface area contributed by atoms with Gasteiger partial charge in [-0.3, -0.25) is 0 Å². The van der Waals surface area contributed by atoms with Crippen LogP contribution in [0.4, 0.5) is 13.2 Å². The van der Waals surface area contributed by atoms with E-state index in [4.69, 9.17) is 10.2 Å². The van der Waals surface area contributed by atoms with Crippen LogP contribution in [0.1, 0.15) is 11.7 Å². The average Bonchev–Trinajstić information content (AvgIpc) is 2.25. The molecule has 0 aliphatic heterocycles. The summed E-state index contributed by atoms with van der Waals surface area (Å²) in [6, 6.07) is 0.193. The highest BCUT2D eigenvalue weighted by Gasteiger charge is 2.29. The first kappa shape index (κ1) is 12.3. The number of aliphatic hydroxyl groups is 1. The summed E-state index contributed by atoms with van der Waals surface area (Å²) in [7, 11) is 0.876. The van der Waals surface area contributed by atoms with E-state index in [1.54, 1.807) is 0 Å². The fourth-order valence-corrected chi connectivity index (χ4v) is 1.08. The van der Waals surface area contributed by atoms with Gasteiger partial charge in [-0.1, -0.05) is 0 Å². The van der Waals surface area contributed by atoms with Gasteiger partial charge in [-0.15, -0.1) is 0 Å². The number of carbonyl (C=O) groups is 1. The van der Waals surface area contributed by atoms with Crippen LogP contribution in [-0.2, 0) is 9.53 Å². The molecule has 1 aromatic carbocycles. The second-order valence-electron chi connectivity index (χ2n) is 2.84. The summed E-state index contributed by atoms with van der Waals surface area (Å²) in [5.74, 6) is -7.54. The molecule has 0 heterocycles. The number of aliphatic hydroxyl groups excluding tert-OH is 1. The molecule has 0 amide bonds. The van der Waals surface area contributed by atoms with E-state index >= 15 is 0 Å². The first-order valence-corrected chi connectivity index (χ1v) is 4.02. The van der Waals surface area contributed by atoms with Gasteiger partial charge in [0.25, 0.3) is 0 Å². The van der Waals surface area contributed by atoms with E-state index in [1.165, 1.54) is 0 Å². The molecule has 0 saturated heterocycles. The summed E-state index contributed by atoms with van der Waals surface area (Å²) in [6.45, 7) is 0. The lowest BCUT2D eigenvalue weighted by molar-refractivity contribution is -0.151. The molecule has 4 nitrogen and oxygen atoms in total. The van der Waals surface area contributed by atoms with E-state index in [1.807, 2.05) is 0 Å². The molecule has 0 saturated carbocycles. The quantitative estimate of drug-likeness (QED) is 0.594. The van der Waals surface area contributed by atoms with Crippen molar-refractivity contribution in [3.05, 3.63) is 29.1 Å². The third-order valence-electron chi connectivity index (χ3n) is 1.87. The Bertz CT molecular complexity index is 407. The first-order valence-electron chi connectivity index (χ1n) is 4.02. The molecule has 2 N–H and O–H groups in total. The largest absolute Gasteiger partial charge is 0.505 e. The molecule has 1 aromatic rings. The number of esters is 1. The Labute approximate surface area is 87.9 Å². The number of rotatable bonds is 2. The number of carbonyl (C=O) groups excluding carboxylic acids is 1. The monoisotopic (exact) mass is 236 g/mol. The van der Waals surface area contributed by atoms with Crippen LogP contribution in [-0.4, -0.2) is 23.3 Å². The molecule has 1 atom stereocenters. The van der Waals surface area contributed by atoms with E-state index in [0.717, 1.165) is 7.11 Å². The zero-order valence-corrected chi connectivity index (χ0v) is 8.00. The van der Waals surface area contributed by atoms with Crippen molar-refractivity contribution < 1.29 is 32.9 Å². The molecule has 1 unspecified atom stereocenters. The third kappa shape index (κ3) is 1.94. The summed E-state index contributed by atoms with van der Waals surface area (Å²) in [4.78, 5) is 10.8. The number of aromatic hydroxyl groups is 1. The number of ether oxygens (including phenoxy) is 1. The van der Waals surface area contributed by atoms with Gasteiger partial charge in [-0.05, 0) is 0 Å². The minimum atomic E-state index is -2.34. The Kier molecular flexibility index (Phi) is 3.38. The van der Waals surface area contributed by atoms with Crippen molar-refractivity contribution >= 4 is 5.97 Å². The van der Waals surface area contributed by atoms with Crippen LogP contribution in [0.15, 0.2) is 6.07 Å². The summed E-state index contributed by atoms with van der Waals surface area (Å²) in [5, 5.41) is 18.0. The molecule has 16 heavy (non-hydrogen) atoms. The smallest absolute Gasteiger partial charge is 0.339 e. The van der Waals surface area contributed by atoms with Crippen LogP contribution in [0.3, 0.4) is 0 Å². The standard InChI is InChI=1S/C9H7F3O4/c1-16-9(15)8(14)5-6(11)3(10)2-4(13)7(5)12/h2,8,13-14H,1H3. The molecule has 88 valence electrons. The van der Waals surface area contributed by atoms with Crippen molar-refractivity contribution in [1.82, 2.24) is 0 Å². The lowest BCUT2D eigenvalue weighted by atomic mass is 10.1. The summed E-state index contributed by atoms with van der Waals surface area (Å²) in [5.41, 5.74) is -1.29. The van der Waals surface area contributed by atoms with Gasteiger partial charge in [0.1, 0.15) is 0 Å². The number of benzene rings is 1. The number of phenols is 1. The predicted molar refractivity (Wildman–Crippen MR) is 45.0 cm³/mol. The Morgan fingerprint density at radius 1 is 1.38 bits per heavy atom. The zero-order chi connectivity index (χ0) is 12.5. The summed E-state index contributed by atoms with van der Waals surface area (Å²) in [6.07, 6.45) is -2.34. The SMILES string of the molecule is COC(=O)C(O)c1c(F)c(O)cc(F)c1F. The van der Waals surface area contributed by atoms with Crippen molar-refractivity contribution in [3.63, 3.8) is 0 Å². The molecule has 0 aliphatic rings. The van der Waals surface area contributed by atoms with Crippen molar-refractivity contribution in [1.29, 1.82) is 0 Å². The van der Waals surface area contributed by atoms with E-state index in [-0.39, 0.29) is 6.07 Å². The molecule has 1 rings (SSSR count). The van der Waals surface area contributed by atoms with Crippen molar-refractivity contribution in [2.24, 2.45) is 0 Å². The molecule has 0 fully saturated rings. The third-order valence-corrected chi connectivity index (χ3v) is 1.87. The van der Waals surface area contributed by atoms with Gasteiger partial charge in [-0.25, -0.2) is 18.0 Å². The van der Waals surface area contributed by atoms with Gasteiger partial charge >= 0.3 is 5.97 Å². The minimum Gasteiger partial charge on any atom is -0.505 e. The highest BCUT2D eigenvalue weighted by atomic mass is 19.2. The first-order chi connectivity index (χ1) is 7.40. The molecular formula is C9H7F3O4. The van der Waals surface area contributed by atoms with Gasteiger partial charge in [0, 0.05) is 6.07 Å². The van der Waals surface area contributed by atoms with Gasteiger partial charge in [0.15, 0.2) is 29.3 Å². The Morgan fingerprint density at radius 3 is 2.44 bits per heavy atom. The van der Waals surface area contributed by atoms with Crippen LogP contribution in [0.5, 0.6) is 5.75 Å². The Hall–Kier alpha value is -1.76. The maximum Gasteiger partial charge on any atom is 0.339 e. The van der Waals surface area contributed by atoms with E-state index in [9.17, 15) is 18.0 Å². The number of hydrogen-bond donors (Lipinski definition) is 2. The van der Waals surface area contributed by atoms with Crippen LogP contribution < -0.4 is 0 Å². The van der Waals surface area contributed by atoms with Crippen LogP contribution in [0.2, 0.25) is 0 Å². The van der Waals surface area contributed by atoms with Gasteiger partial charge < -0.3 is 14.9 Å². The minimum absolute atomic E-state index is 0.193. The molecular weight excluding hydrogens is 229 g/mol. The Balaban J connectivity index is 3.37. The van der Waals surface area contributed by atoms with Crippen molar-refractivity contribution in [3.8, 4) is 5.75 Å². The number of methoxy groups -OCH3 is 1. The normalized spacial score (nSPS) is 12.3. The van der Waals surface area contributed by atoms with Crippen LogP contribution >= 0.6 is 0 Å². The van der Waals surface area contributed by atoms with Gasteiger partial charge in [-0.2, -0.15) is 0 Å². The number of phenolic OH excluding ortho intramolecular Hbond substituents is 1. The molecule has 0 aromatic heterocycles. The molecule has 0 spiro atoms. The molecule has 0 radical (unpaired) electrons. The number of halogens is 3. The molecule has 0 aliphatic carbocycles. The van der Waals surface area contributed by atoms with Crippen molar-refractivity contribution in [2.75, 3.05) is 7.11 Å². The van der Waals surface area contributed by atoms with Gasteiger partial charge in [0.2, 0.25) is 0 Å². The topological polar surface area (TPSA) is 66.8 Å². The molecule has 7 heteroatoms. The zero-order valence-electron chi connectivity index (χ0n) is 8.00. The molecule has 0 bridgehead atoms. The lowest BCUT2D eigenvalue weighted by Crippen LogP contribution is -2.17. The van der Waals surface area contributed by atoms with E-state index in [0.29, 0.717) is 0 Å². The van der Waals surface area contributed by atoms with Gasteiger partial charge in [0.05, 0.1) is 12.7 Å². The summed E-state index contributed by atoms with van der Waals surface area (Å²) < 4.78 is 43.1. The average molecular weight is 236 g/mol. The second kappa shape index (κ2) is 4.40. The van der Waals surface area contributed by atoms with E-state index < -0.39 is 40.8 Å².